The molecule has 0 aliphatic carbocycles. The summed E-state index contributed by atoms with van der Waals surface area (Å²) in [5.74, 6) is -0.415. The molecule has 0 saturated heterocycles. The molecule has 0 aliphatic rings. The predicted molar refractivity (Wildman–Crippen MR) is 36.1 cm³/mol. The van der Waals surface area contributed by atoms with Gasteiger partial charge in [-0.3, -0.25) is 8.98 Å². The fourth-order valence-electron chi connectivity index (χ4n) is 0.348. The SMILES string of the molecule is COS(=O)(=O)C(C)C(C)=O. The van der Waals surface area contributed by atoms with Gasteiger partial charge in [-0.15, -0.1) is 0 Å². The largest absolute Gasteiger partial charge is 0.298 e. The zero-order chi connectivity index (χ0) is 8.36. The molecule has 0 bridgehead atoms. The molecule has 1 atom stereocenters. The monoisotopic (exact) mass is 166 g/mol. The van der Waals surface area contributed by atoms with Crippen LogP contribution in [-0.4, -0.2) is 26.6 Å². The first kappa shape index (κ1) is 9.58. The van der Waals surface area contributed by atoms with Gasteiger partial charge in [-0.1, -0.05) is 0 Å². The van der Waals surface area contributed by atoms with Crippen molar-refractivity contribution in [3.63, 3.8) is 0 Å². The van der Waals surface area contributed by atoms with Gasteiger partial charge < -0.3 is 0 Å². The first-order valence-corrected chi connectivity index (χ1v) is 4.19. The highest BCUT2D eigenvalue weighted by Gasteiger charge is 2.23. The number of carbonyl (C=O) groups excluding carboxylic acids is 1. The van der Waals surface area contributed by atoms with Gasteiger partial charge in [0.1, 0.15) is 11.0 Å². The Hall–Kier alpha value is -0.420. The molecule has 5 heteroatoms. The van der Waals surface area contributed by atoms with E-state index in [9.17, 15) is 13.2 Å². The van der Waals surface area contributed by atoms with E-state index in [1.54, 1.807) is 0 Å². The zero-order valence-electron chi connectivity index (χ0n) is 6.12. The number of carbonyl (C=O) groups is 1. The molecule has 0 N–H and O–H groups in total. The molecule has 0 aromatic heterocycles. The van der Waals surface area contributed by atoms with E-state index in [1.807, 2.05) is 0 Å². The van der Waals surface area contributed by atoms with Gasteiger partial charge in [0.15, 0.2) is 0 Å². The van der Waals surface area contributed by atoms with Gasteiger partial charge in [-0.05, 0) is 13.8 Å². The zero-order valence-corrected chi connectivity index (χ0v) is 6.94. The molecule has 0 radical (unpaired) electrons. The van der Waals surface area contributed by atoms with Gasteiger partial charge in [-0.2, -0.15) is 8.42 Å². The summed E-state index contributed by atoms with van der Waals surface area (Å²) < 4.78 is 25.5. The van der Waals surface area contributed by atoms with Crippen molar-refractivity contribution in [1.29, 1.82) is 0 Å². The first-order valence-electron chi connectivity index (χ1n) is 2.71. The summed E-state index contributed by atoms with van der Waals surface area (Å²) in [7, 11) is -2.61. The topological polar surface area (TPSA) is 60.4 Å². The summed E-state index contributed by atoms with van der Waals surface area (Å²) in [4.78, 5) is 10.5. The van der Waals surface area contributed by atoms with Crippen molar-refractivity contribution in [2.45, 2.75) is 19.1 Å². The smallest absolute Gasteiger partial charge is 0.276 e. The molecule has 60 valence electrons. The molecule has 0 rings (SSSR count). The summed E-state index contributed by atoms with van der Waals surface area (Å²) in [5.41, 5.74) is 0. The highest BCUT2D eigenvalue weighted by molar-refractivity contribution is 7.88. The lowest BCUT2D eigenvalue weighted by Gasteiger charge is -2.05. The molecule has 0 aromatic rings. The van der Waals surface area contributed by atoms with Crippen LogP contribution < -0.4 is 0 Å². The van der Waals surface area contributed by atoms with Gasteiger partial charge in [-0.25, -0.2) is 0 Å². The van der Waals surface area contributed by atoms with Crippen LogP contribution in [0.1, 0.15) is 13.8 Å². The number of ketones is 1. The second-order valence-electron chi connectivity index (χ2n) is 1.91. The lowest BCUT2D eigenvalue weighted by molar-refractivity contribution is -0.116. The Morgan fingerprint density at radius 2 is 1.90 bits per heavy atom. The Balaban J connectivity index is 4.51. The van der Waals surface area contributed by atoms with Crippen LogP contribution in [0.3, 0.4) is 0 Å². The average molecular weight is 166 g/mol. The molecule has 0 amide bonds. The van der Waals surface area contributed by atoms with E-state index < -0.39 is 21.2 Å². The van der Waals surface area contributed by atoms with Gasteiger partial charge in [0.25, 0.3) is 10.1 Å². The van der Waals surface area contributed by atoms with Crippen LogP contribution in [0.5, 0.6) is 0 Å². The van der Waals surface area contributed by atoms with Gasteiger partial charge in [0.05, 0.1) is 7.11 Å². The summed E-state index contributed by atoms with van der Waals surface area (Å²) >= 11 is 0. The molecular formula is C5H10O4S. The minimum Gasteiger partial charge on any atom is -0.298 e. The highest BCUT2D eigenvalue weighted by Crippen LogP contribution is 2.02. The van der Waals surface area contributed by atoms with Crippen molar-refractivity contribution in [2.75, 3.05) is 7.11 Å². The minimum absolute atomic E-state index is 0.415. The fraction of sp³-hybridized carbons (Fsp3) is 0.800. The van der Waals surface area contributed by atoms with Crippen molar-refractivity contribution in [1.82, 2.24) is 0 Å². The van der Waals surface area contributed by atoms with Crippen molar-refractivity contribution in [3.8, 4) is 0 Å². The van der Waals surface area contributed by atoms with Gasteiger partial charge >= 0.3 is 0 Å². The van der Waals surface area contributed by atoms with Crippen molar-refractivity contribution < 1.29 is 17.4 Å². The molecule has 0 aromatic carbocycles. The quantitative estimate of drug-likeness (QED) is 0.551. The van der Waals surface area contributed by atoms with Crippen LogP contribution in [0.2, 0.25) is 0 Å². The van der Waals surface area contributed by atoms with Crippen LogP contribution in [0.4, 0.5) is 0 Å². The van der Waals surface area contributed by atoms with E-state index in [-0.39, 0.29) is 0 Å². The second kappa shape index (κ2) is 3.12. The standard InChI is InChI=1S/C5H10O4S/c1-4(6)5(2)10(7,8)9-3/h5H,1-3H3. The van der Waals surface area contributed by atoms with Crippen molar-refractivity contribution in [2.24, 2.45) is 0 Å². The Morgan fingerprint density at radius 1 is 1.50 bits per heavy atom. The fourth-order valence-corrected chi connectivity index (χ4v) is 1.04. The summed E-state index contributed by atoms with van der Waals surface area (Å²) in [5, 5.41) is -1.06. The van der Waals surface area contributed by atoms with Crippen LogP contribution in [-0.2, 0) is 19.1 Å². The highest BCUT2D eigenvalue weighted by atomic mass is 32.2. The molecule has 0 heterocycles. The van der Waals surface area contributed by atoms with E-state index >= 15 is 0 Å². The third kappa shape index (κ3) is 2.07. The van der Waals surface area contributed by atoms with E-state index in [0.717, 1.165) is 7.11 Å². The lowest BCUT2D eigenvalue weighted by atomic mass is 10.3. The Morgan fingerprint density at radius 3 is 2.00 bits per heavy atom. The maximum Gasteiger partial charge on any atom is 0.276 e. The number of hydrogen-bond acceptors (Lipinski definition) is 4. The number of rotatable bonds is 3. The Kier molecular flexibility index (Phi) is 2.98. The molecular weight excluding hydrogens is 156 g/mol. The van der Waals surface area contributed by atoms with Crippen LogP contribution in [0, 0.1) is 0 Å². The molecule has 0 aliphatic heterocycles. The maximum absolute atomic E-state index is 10.7. The van der Waals surface area contributed by atoms with E-state index in [4.69, 9.17) is 0 Å². The molecule has 0 saturated carbocycles. The number of Topliss-reactive ketones (excluding diaryl/α,β-unsaturated/α-hetero) is 1. The molecule has 0 fully saturated rings. The van der Waals surface area contributed by atoms with E-state index in [2.05, 4.69) is 4.18 Å². The minimum atomic E-state index is -3.65. The first-order chi connectivity index (χ1) is 4.41. The predicted octanol–water partition coefficient (Wildman–Crippen LogP) is -0.0599. The Labute approximate surface area is 60.3 Å². The third-order valence-electron chi connectivity index (χ3n) is 1.24. The van der Waals surface area contributed by atoms with Gasteiger partial charge in [0, 0.05) is 0 Å². The average Bonchev–Trinajstić information content (AvgIpc) is 1.86. The Bertz CT molecular complexity index is 216. The summed E-state index contributed by atoms with van der Waals surface area (Å²) in [6.45, 7) is 2.50. The molecule has 10 heavy (non-hydrogen) atoms. The maximum atomic E-state index is 10.7. The third-order valence-corrected chi connectivity index (χ3v) is 2.90. The summed E-state index contributed by atoms with van der Waals surface area (Å²) in [6.07, 6.45) is 0. The van der Waals surface area contributed by atoms with Crippen molar-refractivity contribution >= 4 is 15.9 Å². The van der Waals surface area contributed by atoms with Gasteiger partial charge in [0.2, 0.25) is 0 Å². The second-order valence-corrected chi connectivity index (χ2v) is 3.94. The molecule has 4 nitrogen and oxygen atoms in total. The van der Waals surface area contributed by atoms with Crippen LogP contribution in [0.15, 0.2) is 0 Å². The van der Waals surface area contributed by atoms with E-state index in [1.165, 1.54) is 13.8 Å². The normalized spacial score (nSPS) is 14.7. The molecule has 1 unspecified atom stereocenters. The van der Waals surface area contributed by atoms with Crippen molar-refractivity contribution in [3.05, 3.63) is 0 Å². The number of hydrogen-bond donors (Lipinski definition) is 0. The van der Waals surface area contributed by atoms with E-state index in [0.29, 0.717) is 0 Å². The van der Waals surface area contributed by atoms with Crippen LogP contribution >= 0.6 is 0 Å². The summed E-state index contributed by atoms with van der Waals surface area (Å²) in [6, 6.07) is 0. The molecule has 0 spiro atoms. The van der Waals surface area contributed by atoms with Crippen LogP contribution in [0.25, 0.3) is 0 Å². The lowest BCUT2D eigenvalue weighted by Crippen LogP contribution is -2.25.